The van der Waals surface area contributed by atoms with Crippen LogP contribution in [0.2, 0.25) is 5.02 Å². The first-order valence-corrected chi connectivity index (χ1v) is 10.7. The molecule has 0 radical (unpaired) electrons. The topological polar surface area (TPSA) is 64.1 Å². The molecule has 0 saturated heterocycles. The number of methoxy groups -OCH3 is 1. The number of ether oxygens (including phenoxy) is 2. The molecule has 0 aliphatic heterocycles. The van der Waals surface area contributed by atoms with Crippen LogP contribution in [0.3, 0.4) is 0 Å². The molecule has 3 aromatic rings. The number of H-pyrrole nitrogens is 1. The second kappa shape index (κ2) is 10.1. The van der Waals surface area contributed by atoms with Gasteiger partial charge >= 0.3 is 0 Å². The Labute approximate surface area is 188 Å². The standard InChI is InChI=1S/C20H22BrClN4O2S/c1-3-4-18-24-25-20(29)26(18)23-11-15-16(21)9-10-17(27-2)19(15)28-12-13-5-7-14(22)8-6-13/h5-10,23H,3-4,11-12H2,1-2H3,(H,25,29). The summed E-state index contributed by atoms with van der Waals surface area (Å²) in [4.78, 5) is 0. The van der Waals surface area contributed by atoms with Gasteiger partial charge in [-0.2, -0.15) is 5.10 Å². The molecule has 154 valence electrons. The average molecular weight is 498 g/mol. The summed E-state index contributed by atoms with van der Waals surface area (Å²) < 4.78 is 14.9. The molecule has 2 aromatic carbocycles. The fraction of sp³-hybridized carbons (Fsp3) is 0.300. The summed E-state index contributed by atoms with van der Waals surface area (Å²) in [6.07, 6.45) is 1.79. The molecule has 6 nitrogen and oxygen atoms in total. The molecule has 9 heteroatoms. The molecule has 1 aromatic heterocycles. The van der Waals surface area contributed by atoms with E-state index in [2.05, 4.69) is 38.5 Å². The predicted molar refractivity (Wildman–Crippen MR) is 121 cm³/mol. The van der Waals surface area contributed by atoms with Crippen molar-refractivity contribution in [2.75, 3.05) is 12.5 Å². The van der Waals surface area contributed by atoms with E-state index in [1.165, 1.54) is 0 Å². The first kappa shape index (κ1) is 21.7. The maximum atomic E-state index is 6.15. The molecular weight excluding hydrogens is 476 g/mol. The lowest BCUT2D eigenvalue weighted by Crippen LogP contribution is -2.18. The lowest BCUT2D eigenvalue weighted by atomic mass is 10.1. The van der Waals surface area contributed by atoms with Crippen LogP contribution in [0.4, 0.5) is 0 Å². The number of hydrogen-bond donors (Lipinski definition) is 2. The van der Waals surface area contributed by atoms with E-state index in [4.69, 9.17) is 33.3 Å². The molecule has 29 heavy (non-hydrogen) atoms. The molecule has 0 aliphatic carbocycles. The number of rotatable bonds is 9. The monoisotopic (exact) mass is 496 g/mol. The van der Waals surface area contributed by atoms with E-state index in [0.29, 0.717) is 34.4 Å². The number of aromatic nitrogens is 3. The summed E-state index contributed by atoms with van der Waals surface area (Å²) in [6, 6.07) is 11.4. The van der Waals surface area contributed by atoms with Crippen LogP contribution < -0.4 is 14.9 Å². The number of aromatic amines is 1. The van der Waals surface area contributed by atoms with E-state index in [1.54, 1.807) is 11.8 Å². The lowest BCUT2D eigenvalue weighted by molar-refractivity contribution is 0.281. The van der Waals surface area contributed by atoms with Gasteiger partial charge in [0.15, 0.2) is 17.3 Å². The SMILES string of the molecule is CCCc1n[nH]c(=S)n1NCc1c(Br)ccc(OC)c1OCc1ccc(Cl)cc1. The van der Waals surface area contributed by atoms with Crippen molar-refractivity contribution in [1.29, 1.82) is 0 Å². The Morgan fingerprint density at radius 1 is 1.24 bits per heavy atom. The van der Waals surface area contributed by atoms with Crippen molar-refractivity contribution < 1.29 is 9.47 Å². The van der Waals surface area contributed by atoms with Crippen LogP contribution in [0.25, 0.3) is 0 Å². The molecule has 3 rings (SSSR count). The molecule has 0 atom stereocenters. The van der Waals surface area contributed by atoms with Gasteiger partial charge in [0.05, 0.1) is 13.7 Å². The normalized spacial score (nSPS) is 10.8. The molecule has 0 fully saturated rings. The molecule has 0 saturated carbocycles. The molecule has 0 amide bonds. The highest BCUT2D eigenvalue weighted by atomic mass is 79.9. The quantitative estimate of drug-likeness (QED) is 0.375. The highest BCUT2D eigenvalue weighted by Crippen LogP contribution is 2.37. The Hall–Kier alpha value is -2.03. The number of halogens is 2. The zero-order valence-electron chi connectivity index (χ0n) is 16.2. The third-order valence-electron chi connectivity index (χ3n) is 4.31. The highest BCUT2D eigenvalue weighted by Gasteiger charge is 2.16. The van der Waals surface area contributed by atoms with Gasteiger partial charge in [-0.1, -0.05) is 46.6 Å². The fourth-order valence-corrected chi connectivity index (χ4v) is 3.64. The van der Waals surface area contributed by atoms with Crippen molar-refractivity contribution >= 4 is 39.7 Å². The van der Waals surface area contributed by atoms with Crippen molar-refractivity contribution in [3.63, 3.8) is 0 Å². The zero-order valence-corrected chi connectivity index (χ0v) is 19.3. The number of nitrogens with zero attached hydrogens (tertiary/aromatic N) is 2. The minimum atomic E-state index is 0.392. The molecule has 2 N–H and O–H groups in total. The average Bonchev–Trinajstić information content (AvgIpc) is 3.06. The third-order valence-corrected chi connectivity index (χ3v) is 5.58. The largest absolute Gasteiger partial charge is 0.493 e. The fourth-order valence-electron chi connectivity index (χ4n) is 2.84. The van der Waals surface area contributed by atoms with Crippen molar-refractivity contribution in [2.45, 2.75) is 32.9 Å². The van der Waals surface area contributed by atoms with Crippen LogP contribution in [0.5, 0.6) is 11.5 Å². The molecule has 0 bridgehead atoms. The molecule has 0 aliphatic rings. The van der Waals surface area contributed by atoms with Crippen molar-refractivity contribution in [2.24, 2.45) is 0 Å². The second-order valence-corrected chi connectivity index (χ2v) is 8.02. The number of nitrogens with one attached hydrogen (secondary N) is 2. The van der Waals surface area contributed by atoms with Gasteiger partial charge in [-0.3, -0.25) is 5.10 Å². The van der Waals surface area contributed by atoms with Gasteiger partial charge in [0.2, 0.25) is 4.77 Å². The van der Waals surface area contributed by atoms with E-state index in [0.717, 1.165) is 34.3 Å². The Bertz CT molecular complexity index is 1020. The van der Waals surface area contributed by atoms with Crippen LogP contribution in [-0.2, 0) is 19.6 Å². The van der Waals surface area contributed by atoms with Gasteiger partial charge in [0, 0.05) is 21.5 Å². The third kappa shape index (κ3) is 5.32. The lowest BCUT2D eigenvalue weighted by Gasteiger charge is -2.18. The van der Waals surface area contributed by atoms with Crippen LogP contribution in [0, 0.1) is 4.77 Å². The van der Waals surface area contributed by atoms with Crippen molar-refractivity contribution in [3.8, 4) is 11.5 Å². The molecule has 0 unspecified atom stereocenters. The van der Waals surface area contributed by atoms with E-state index in [9.17, 15) is 0 Å². The minimum absolute atomic E-state index is 0.392. The minimum Gasteiger partial charge on any atom is -0.493 e. The number of aryl methyl sites for hydroxylation is 1. The van der Waals surface area contributed by atoms with Crippen LogP contribution >= 0.6 is 39.7 Å². The smallest absolute Gasteiger partial charge is 0.214 e. The summed E-state index contributed by atoms with van der Waals surface area (Å²) in [6.45, 7) is 2.96. The summed E-state index contributed by atoms with van der Waals surface area (Å²) in [7, 11) is 1.63. The maximum absolute atomic E-state index is 6.15. The van der Waals surface area contributed by atoms with Gasteiger partial charge in [-0.15, -0.1) is 0 Å². The van der Waals surface area contributed by atoms with Crippen LogP contribution in [0.15, 0.2) is 40.9 Å². The summed E-state index contributed by atoms with van der Waals surface area (Å²) in [5.74, 6) is 2.18. The van der Waals surface area contributed by atoms with E-state index < -0.39 is 0 Å². The first-order chi connectivity index (χ1) is 14.0. The Morgan fingerprint density at radius 2 is 2.00 bits per heavy atom. The van der Waals surface area contributed by atoms with E-state index in [-0.39, 0.29) is 0 Å². The van der Waals surface area contributed by atoms with Gasteiger partial charge < -0.3 is 14.9 Å². The van der Waals surface area contributed by atoms with Crippen molar-refractivity contribution in [1.82, 2.24) is 14.9 Å². The van der Waals surface area contributed by atoms with Crippen LogP contribution in [0.1, 0.15) is 30.3 Å². The predicted octanol–water partition coefficient (Wildman–Crippen LogP) is 5.64. The van der Waals surface area contributed by atoms with Gasteiger partial charge in [0.1, 0.15) is 6.61 Å². The Morgan fingerprint density at radius 3 is 2.69 bits per heavy atom. The molecule has 1 heterocycles. The first-order valence-electron chi connectivity index (χ1n) is 9.16. The Kier molecular flexibility index (Phi) is 7.57. The van der Waals surface area contributed by atoms with Crippen LogP contribution in [-0.4, -0.2) is 22.0 Å². The second-order valence-electron chi connectivity index (χ2n) is 6.34. The Balaban J connectivity index is 1.85. The highest BCUT2D eigenvalue weighted by molar-refractivity contribution is 9.10. The number of benzene rings is 2. The van der Waals surface area contributed by atoms with E-state index >= 15 is 0 Å². The van der Waals surface area contributed by atoms with Gasteiger partial charge in [-0.05, 0) is 48.5 Å². The summed E-state index contributed by atoms with van der Waals surface area (Å²) in [5.41, 5.74) is 5.27. The zero-order chi connectivity index (χ0) is 20.8. The van der Waals surface area contributed by atoms with Gasteiger partial charge in [-0.25, -0.2) is 4.68 Å². The molecular formula is C20H22BrClN4O2S. The van der Waals surface area contributed by atoms with Crippen molar-refractivity contribution in [3.05, 3.63) is 67.6 Å². The summed E-state index contributed by atoms with van der Waals surface area (Å²) >= 11 is 14.9. The maximum Gasteiger partial charge on any atom is 0.214 e. The molecule has 0 spiro atoms. The van der Waals surface area contributed by atoms with E-state index in [1.807, 2.05) is 36.4 Å². The summed E-state index contributed by atoms with van der Waals surface area (Å²) in [5, 5.41) is 7.81. The number of hydrogen-bond acceptors (Lipinski definition) is 5. The van der Waals surface area contributed by atoms with Gasteiger partial charge in [0.25, 0.3) is 0 Å².